The van der Waals surface area contributed by atoms with Crippen LogP contribution in [0.25, 0.3) is 0 Å². The molecule has 2 atom stereocenters. The molecule has 2 N–H and O–H groups in total. The van der Waals surface area contributed by atoms with E-state index in [0.717, 1.165) is 5.56 Å². The highest BCUT2D eigenvalue weighted by molar-refractivity contribution is 6.33. The molecule has 2 amide bonds. The standard InChI is InChI=1S/C18H16ClN3O2/c19-15-9-5-4-8-13(15)10-21-22-18(24)16-14(11-20-17(16)23)12-6-2-1-3-7-12/h1-10,14,16H,11H2,(H,20,23)(H,22,24)/b21-10-/t14-,16+/m1/s1. The van der Waals surface area contributed by atoms with E-state index in [4.69, 9.17) is 11.6 Å². The molecule has 1 aliphatic heterocycles. The van der Waals surface area contributed by atoms with Gasteiger partial charge in [-0.15, -0.1) is 0 Å². The van der Waals surface area contributed by atoms with Crippen LogP contribution < -0.4 is 10.7 Å². The van der Waals surface area contributed by atoms with Crippen molar-refractivity contribution in [1.29, 1.82) is 0 Å². The first-order valence-electron chi connectivity index (χ1n) is 7.57. The van der Waals surface area contributed by atoms with Crippen LogP contribution in [-0.2, 0) is 9.59 Å². The quantitative estimate of drug-likeness (QED) is 0.509. The smallest absolute Gasteiger partial charge is 0.253 e. The van der Waals surface area contributed by atoms with Crippen LogP contribution in [0.4, 0.5) is 0 Å². The monoisotopic (exact) mass is 341 g/mol. The topological polar surface area (TPSA) is 70.6 Å². The molecule has 0 saturated carbocycles. The number of nitrogens with one attached hydrogen (secondary N) is 2. The van der Waals surface area contributed by atoms with Crippen LogP contribution in [0, 0.1) is 5.92 Å². The highest BCUT2D eigenvalue weighted by Gasteiger charge is 2.40. The molecule has 0 bridgehead atoms. The minimum atomic E-state index is -0.796. The first-order chi connectivity index (χ1) is 11.7. The SMILES string of the molecule is O=C1NC[C@H](c2ccccc2)[C@@H]1C(=O)N/N=C\c1ccccc1Cl. The Bertz CT molecular complexity index is 777. The maximum absolute atomic E-state index is 12.4. The molecule has 0 spiro atoms. The summed E-state index contributed by atoms with van der Waals surface area (Å²) in [6.45, 7) is 0.440. The lowest BCUT2D eigenvalue weighted by Crippen LogP contribution is -2.34. The molecule has 1 saturated heterocycles. The van der Waals surface area contributed by atoms with Crippen LogP contribution in [0.15, 0.2) is 59.7 Å². The molecule has 1 fully saturated rings. The molecule has 0 radical (unpaired) electrons. The summed E-state index contributed by atoms with van der Waals surface area (Å²) in [6.07, 6.45) is 1.46. The molecule has 122 valence electrons. The zero-order chi connectivity index (χ0) is 16.9. The summed E-state index contributed by atoms with van der Waals surface area (Å²) in [4.78, 5) is 24.4. The molecule has 0 unspecified atom stereocenters. The molecular weight excluding hydrogens is 326 g/mol. The van der Waals surface area contributed by atoms with E-state index in [-0.39, 0.29) is 11.8 Å². The van der Waals surface area contributed by atoms with E-state index in [0.29, 0.717) is 17.1 Å². The maximum atomic E-state index is 12.4. The number of hydrazone groups is 1. The fourth-order valence-corrected chi connectivity index (χ4v) is 2.93. The van der Waals surface area contributed by atoms with Gasteiger partial charge >= 0.3 is 0 Å². The molecule has 2 aromatic carbocycles. The van der Waals surface area contributed by atoms with Gasteiger partial charge in [-0.25, -0.2) is 5.43 Å². The summed E-state index contributed by atoms with van der Waals surface area (Å²) >= 11 is 6.02. The van der Waals surface area contributed by atoms with Crippen molar-refractivity contribution < 1.29 is 9.59 Å². The van der Waals surface area contributed by atoms with Crippen LogP contribution >= 0.6 is 11.6 Å². The Morgan fingerprint density at radius 2 is 1.88 bits per heavy atom. The molecule has 3 rings (SSSR count). The predicted molar refractivity (Wildman–Crippen MR) is 92.9 cm³/mol. The molecule has 5 nitrogen and oxygen atoms in total. The highest BCUT2D eigenvalue weighted by Crippen LogP contribution is 2.28. The van der Waals surface area contributed by atoms with Gasteiger partial charge < -0.3 is 5.32 Å². The van der Waals surface area contributed by atoms with Crippen molar-refractivity contribution in [1.82, 2.24) is 10.7 Å². The molecule has 6 heteroatoms. The number of carbonyl (C=O) groups excluding carboxylic acids is 2. The molecule has 0 aromatic heterocycles. The maximum Gasteiger partial charge on any atom is 0.253 e. The van der Waals surface area contributed by atoms with E-state index in [1.165, 1.54) is 6.21 Å². The van der Waals surface area contributed by atoms with E-state index < -0.39 is 11.8 Å². The largest absolute Gasteiger partial charge is 0.355 e. The van der Waals surface area contributed by atoms with Crippen LogP contribution in [0.2, 0.25) is 5.02 Å². The third-order valence-electron chi connectivity index (χ3n) is 3.97. The number of rotatable bonds is 4. The van der Waals surface area contributed by atoms with Crippen LogP contribution in [0.1, 0.15) is 17.0 Å². The first-order valence-corrected chi connectivity index (χ1v) is 7.94. The van der Waals surface area contributed by atoms with Gasteiger partial charge in [-0.05, 0) is 11.6 Å². The highest BCUT2D eigenvalue weighted by atomic mass is 35.5. The van der Waals surface area contributed by atoms with Crippen LogP contribution in [-0.4, -0.2) is 24.6 Å². The second-order valence-corrected chi connectivity index (χ2v) is 5.90. The lowest BCUT2D eigenvalue weighted by atomic mass is 9.88. The summed E-state index contributed by atoms with van der Waals surface area (Å²) in [6, 6.07) is 16.7. The molecular formula is C18H16ClN3O2. The number of halogens is 1. The van der Waals surface area contributed by atoms with Gasteiger partial charge in [0, 0.05) is 23.0 Å². The van der Waals surface area contributed by atoms with Gasteiger partial charge in [-0.2, -0.15) is 5.10 Å². The molecule has 1 heterocycles. The van der Waals surface area contributed by atoms with Gasteiger partial charge in [0.05, 0.1) is 6.21 Å². The Morgan fingerprint density at radius 3 is 2.62 bits per heavy atom. The summed E-state index contributed by atoms with van der Waals surface area (Å²) in [5.74, 6) is -1.71. The number of benzene rings is 2. The summed E-state index contributed by atoms with van der Waals surface area (Å²) in [5, 5.41) is 7.20. The zero-order valence-corrected chi connectivity index (χ0v) is 13.5. The fourth-order valence-electron chi connectivity index (χ4n) is 2.75. The normalized spacial score (nSPS) is 20.1. The number of hydrogen-bond donors (Lipinski definition) is 2. The fraction of sp³-hybridized carbons (Fsp3) is 0.167. The Labute approximate surface area is 144 Å². The van der Waals surface area contributed by atoms with E-state index >= 15 is 0 Å². The van der Waals surface area contributed by atoms with E-state index in [1.54, 1.807) is 12.1 Å². The summed E-state index contributed by atoms with van der Waals surface area (Å²) in [7, 11) is 0. The molecule has 1 aliphatic rings. The van der Waals surface area contributed by atoms with Crippen molar-refractivity contribution >= 4 is 29.6 Å². The van der Waals surface area contributed by atoms with Gasteiger partial charge in [-0.1, -0.05) is 60.1 Å². The molecule has 24 heavy (non-hydrogen) atoms. The van der Waals surface area contributed by atoms with Crippen molar-refractivity contribution in [3.05, 3.63) is 70.7 Å². The van der Waals surface area contributed by atoms with Gasteiger partial charge in [0.25, 0.3) is 5.91 Å². The van der Waals surface area contributed by atoms with Gasteiger partial charge in [0.15, 0.2) is 0 Å². The minimum Gasteiger partial charge on any atom is -0.355 e. The lowest BCUT2D eigenvalue weighted by Gasteiger charge is -2.15. The second kappa shape index (κ2) is 7.27. The average Bonchev–Trinajstić information content (AvgIpc) is 2.99. The zero-order valence-electron chi connectivity index (χ0n) is 12.8. The lowest BCUT2D eigenvalue weighted by molar-refractivity contribution is -0.133. The number of amides is 2. The summed E-state index contributed by atoms with van der Waals surface area (Å²) in [5.41, 5.74) is 4.08. The van der Waals surface area contributed by atoms with Gasteiger partial charge in [0.2, 0.25) is 5.91 Å². The third-order valence-corrected chi connectivity index (χ3v) is 4.32. The number of nitrogens with zero attached hydrogens (tertiary/aromatic N) is 1. The van der Waals surface area contributed by atoms with Crippen molar-refractivity contribution in [2.45, 2.75) is 5.92 Å². The number of carbonyl (C=O) groups is 2. The van der Waals surface area contributed by atoms with Crippen LogP contribution in [0.5, 0.6) is 0 Å². The third kappa shape index (κ3) is 3.46. The van der Waals surface area contributed by atoms with Crippen molar-refractivity contribution in [2.75, 3.05) is 6.54 Å². The van der Waals surface area contributed by atoms with Gasteiger partial charge in [0.1, 0.15) is 5.92 Å². The Hall–Kier alpha value is -2.66. The summed E-state index contributed by atoms with van der Waals surface area (Å²) < 4.78 is 0. The van der Waals surface area contributed by atoms with Crippen molar-refractivity contribution in [3.63, 3.8) is 0 Å². The van der Waals surface area contributed by atoms with Gasteiger partial charge in [-0.3, -0.25) is 9.59 Å². The van der Waals surface area contributed by atoms with Crippen LogP contribution in [0.3, 0.4) is 0 Å². The van der Waals surface area contributed by atoms with E-state index in [9.17, 15) is 9.59 Å². The van der Waals surface area contributed by atoms with E-state index in [1.807, 2.05) is 42.5 Å². The predicted octanol–water partition coefficient (Wildman–Crippen LogP) is 2.32. The van der Waals surface area contributed by atoms with Crippen molar-refractivity contribution in [2.24, 2.45) is 11.0 Å². The molecule has 2 aromatic rings. The Morgan fingerprint density at radius 1 is 1.17 bits per heavy atom. The second-order valence-electron chi connectivity index (χ2n) is 5.50. The Kier molecular flexibility index (Phi) is 4.91. The van der Waals surface area contributed by atoms with Crippen molar-refractivity contribution in [3.8, 4) is 0 Å². The average molecular weight is 342 g/mol. The molecule has 0 aliphatic carbocycles. The Balaban J connectivity index is 1.71. The number of hydrogen-bond acceptors (Lipinski definition) is 3. The first kappa shape index (κ1) is 16.2. The van der Waals surface area contributed by atoms with E-state index in [2.05, 4.69) is 15.8 Å². The minimum absolute atomic E-state index is 0.200.